The Hall–Kier alpha value is -5.02. The van der Waals surface area contributed by atoms with Gasteiger partial charge in [-0.3, -0.25) is 0 Å². The van der Waals surface area contributed by atoms with E-state index in [9.17, 15) is 2.74 Å². The molecule has 0 radical (unpaired) electrons. The minimum atomic E-state index is -2.47. The Labute approximate surface area is 268 Å². The largest absolute Gasteiger partial charge is 0.437 e. The van der Waals surface area contributed by atoms with Crippen molar-refractivity contribution in [3.63, 3.8) is 0 Å². The molecular formula is C41H33N2O+. The normalized spacial score (nSPS) is 22.9. The van der Waals surface area contributed by atoms with Crippen LogP contribution in [0.15, 0.2) is 102 Å². The highest BCUT2D eigenvalue weighted by atomic mass is 16.3. The van der Waals surface area contributed by atoms with Crippen LogP contribution in [0.1, 0.15) is 78.5 Å². The lowest BCUT2D eigenvalue weighted by Crippen LogP contribution is -2.30. The quantitative estimate of drug-likeness (QED) is 0.192. The number of fused-ring (bicyclic) bond motifs is 3. The minimum Gasteiger partial charge on any atom is -0.437 e. The van der Waals surface area contributed by atoms with Gasteiger partial charge in [0, 0.05) is 51.4 Å². The van der Waals surface area contributed by atoms with Crippen molar-refractivity contribution in [1.29, 1.82) is 0 Å². The van der Waals surface area contributed by atoms with E-state index in [1.807, 2.05) is 98.4 Å². The number of furan rings is 1. The van der Waals surface area contributed by atoms with E-state index in [1.165, 1.54) is 6.07 Å². The number of hydrogen-bond donors (Lipinski definition) is 0. The van der Waals surface area contributed by atoms with E-state index in [2.05, 4.69) is 11.1 Å². The fourth-order valence-corrected chi connectivity index (χ4v) is 7.30. The monoisotopic (exact) mass is 577 g/mol. The summed E-state index contributed by atoms with van der Waals surface area (Å²) in [6.07, 6.45) is 1.93. The molecule has 0 fully saturated rings. The lowest BCUT2D eigenvalue weighted by Gasteiger charge is -2.42. The number of nitrogens with zero attached hydrogens (tertiary/aromatic N) is 2. The van der Waals surface area contributed by atoms with Gasteiger partial charge in [0.05, 0.1) is 5.56 Å². The Bertz CT molecular complexity index is 2690. The van der Waals surface area contributed by atoms with Crippen molar-refractivity contribution in [2.24, 2.45) is 7.05 Å². The predicted molar refractivity (Wildman–Crippen MR) is 177 cm³/mol. The maximum atomic E-state index is 10.2. The van der Waals surface area contributed by atoms with E-state index in [0.717, 1.165) is 55.8 Å². The van der Waals surface area contributed by atoms with E-state index in [1.54, 1.807) is 12.1 Å². The van der Waals surface area contributed by atoms with Gasteiger partial charge in [-0.25, -0.2) is 9.55 Å². The van der Waals surface area contributed by atoms with E-state index < -0.39 is 25.5 Å². The molecule has 0 saturated heterocycles. The molecule has 4 aromatic carbocycles. The molecule has 3 aliphatic carbocycles. The summed E-state index contributed by atoms with van der Waals surface area (Å²) in [5.41, 5.74) is 10.1. The second-order valence-corrected chi connectivity index (χ2v) is 12.0. The molecule has 0 N–H and O–H groups in total. The number of pyridine rings is 2. The zero-order valence-corrected chi connectivity index (χ0v) is 24.5. The first-order valence-electron chi connectivity index (χ1n) is 18.8. The molecule has 3 heteroatoms. The fourth-order valence-electron chi connectivity index (χ4n) is 7.30. The van der Waals surface area contributed by atoms with Gasteiger partial charge in [-0.05, 0) is 101 Å². The van der Waals surface area contributed by atoms with Crippen LogP contribution in [0.4, 0.5) is 0 Å². The first-order valence-corrected chi connectivity index (χ1v) is 14.8. The van der Waals surface area contributed by atoms with Crippen LogP contribution in [0.25, 0.3) is 44.5 Å². The lowest BCUT2D eigenvalue weighted by atomic mass is 9.60. The van der Waals surface area contributed by atoms with Gasteiger partial charge in [0.2, 0.25) is 11.4 Å². The van der Waals surface area contributed by atoms with Gasteiger partial charge < -0.3 is 4.42 Å². The summed E-state index contributed by atoms with van der Waals surface area (Å²) >= 11 is 0. The third-order valence-electron chi connectivity index (χ3n) is 9.28. The van der Waals surface area contributed by atoms with E-state index in [0.29, 0.717) is 27.5 Å². The van der Waals surface area contributed by atoms with Crippen molar-refractivity contribution in [2.45, 2.75) is 39.3 Å². The molecule has 0 aliphatic heterocycles. The molecule has 3 nitrogen and oxygen atoms in total. The third-order valence-corrected chi connectivity index (χ3v) is 9.28. The number of benzene rings is 4. The zero-order chi connectivity index (χ0) is 36.7. The van der Waals surface area contributed by atoms with Crippen LogP contribution in [0.2, 0.25) is 0 Å². The first kappa shape index (κ1) is 18.6. The summed E-state index contributed by atoms with van der Waals surface area (Å²) < 4.78 is 77.2. The van der Waals surface area contributed by atoms with Gasteiger partial charge in [-0.2, -0.15) is 0 Å². The predicted octanol–water partition coefficient (Wildman–Crippen LogP) is 9.36. The van der Waals surface area contributed by atoms with Crippen LogP contribution >= 0.6 is 0 Å². The number of hydrogen-bond acceptors (Lipinski definition) is 2. The summed E-state index contributed by atoms with van der Waals surface area (Å²) in [5, 5.41) is 0.805. The standard InChI is InChI=1S/C41H33N2O/c1-22-10-13-30-33(18-22)38-28-8-6-7-9-29(28)39(30)34-20-26(12-15-31(34)38)27-16-17-43(5)35(21-27)37-24(3)19-23(2)36-32-14-11-25(4)42-41(32)44-40(36)37/h6-21,38-39H,1-5H3/q+1/i2D3,4D3,38D,39D. The molecule has 212 valence electrons. The topological polar surface area (TPSA) is 29.9 Å². The highest BCUT2D eigenvalue weighted by Crippen LogP contribution is 2.56. The van der Waals surface area contributed by atoms with Crippen molar-refractivity contribution >= 4 is 22.1 Å². The van der Waals surface area contributed by atoms with Crippen LogP contribution in [-0.4, -0.2) is 4.98 Å². The van der Waals surface area contributed by atoms with Gasteiger partial charge in [0.15, 0.2) is 11.8 Å². The highest BCUT2D eigenvalue weighted by molar-refractivity contribution is 6.10. The molecule has 2 unspecified atom stereocenters. The molecule has 7 aromatic rings. The molecule has 2 bridgehead atoms. The summed E-state index contributed by atoms with van der Waals surface area (Å²) in [6, 6.07) is 28.6. The van der Waals surface area contributed by atoms with E-state index >= 15 is 0 Å². The van der Waals surface area contributed by atoms with Crippen LogP contribution in [-0.2, 0) is 7.05 Å². The van der Waals surface area contributed by atoms with Gasteiger partial charge in [-0.15, -0.1) is 0 Å². The summed E-state index contributed by atoms with van der Waals surface area (Å²) in [6.45, 7) is -1.07. The maximum Gasteiger partial charge on any atom is 0.227 e. The Morgan fingerprint density at radius 2 is 1.45 bits per heavy atom. The molecule has 3 aromatic heterocycles. The number of aromatic nitrogens is 2. The van der Waals surface area contributed by atoms with E-state index in [-0.39, 0.29) is 17.0 Å². The summed E-state index contributed by atoms with van der Waals surface area (Å²) in [4.78, 5) is 4.31. The van der Waals surface area contributed by atoms with Crippen molar-refractivity contribution in [3.05, 3.63) is 153 Å². The molecule has 2 atom stereocenters. The summed E-state index contributed by atoms with van der Waals surface area (Å²) in [7, 11) is 1.90. The molecule has 0 amide bonds. The van der Waals surface area contributed by atoms with Crippen molar-refractivity contribution in [2.75, 3.05) is 0 Å². The van der Waals surface area contributed by atoms with Gasteiger partial charge in [-0.1, -0.05) is 66.2 Å². The second kappa shape index (κ2) is 9.00. The average molecular weight is 578 g/mol. The van der Waals surface area contributed by atoms with Gasteiger partial charge in [0.1, 0.15) is 7.05 Å². The van der Waals surface area contributed by atoms with Crippen molar-refractivity contribution < 1.29 is 20.0 Å². The van der Waals surface area contributed by atoms with Crippen LogP contribution < -0.4 is 4.57 Å². The molecule has 10 rings (SSSR count). The van der Waals surface area contributed by atoms with Crippen molar-refractivity contribution in [1.82, 2.24) is 4.98 Å². The first-order chi connectivity index (χ1) is 24.5. The van der Waals surface area contributed by atoms with Crippen LogP contribution in [0.5, 0.6) is 0 Å². The minimum absolute atomic E-state index is 0.0605. The maximum absolute atomic E-state index is 10.2. The Kier molecular flexibility index (Phi) is 3.80. The smallest absolute Gasteiger partial charge is 0.227 e. The van der Waals surface area contributed by atoms with E-state index in [4.69, 9.17) is 12.6 Å². The zero-order valence-electron chi connectivity index (χ0n) is 32.5. The fraction of sp³-hybridized carbons (Fsp3) is 0.171. The average Bonchev–Trinajstić information content (AvgIpc) is 3.48. The highest BCUT2D eigenvalue weighted by Gasteiger charge is 2.41. The van der Waals surface area contributed by atoms with Gasteiger partial charge >= 0.3 is 0 Å². The lowest BCUT2D eigenvalue weighted by molar-refractivity contribution is -0.660. The molecule has 44 heavy (non-hydrogen) atoms. The number of rotatable bonds is 2. The molecule has 3 aliphatic rings. The molecular weight excluding hydrogens is 536 g/mol. The van der Waals surface area contributed by atoms with Crippen LogP contribution in [0, 0.1) is 27.6 Å². The molecule has 0 saturated carbocycles. The molecule has 0 spiro atoms. The third kappa shape index (κ3) is 3.44. The molecule has 3 heterocycles. The van der Waals surface area contributed by atoms with Crippen molar-refractivity contribution in [3.8, 4) is 22.4 Å². The SMILES string of the molecule is [2H]C([2H])([2H])c1ccc2c(n1)oc1c(-c3cc(-c4ccc5c(c4)C4([2H])c6ccccc6C5([2H])c5cc(C)ccc54)cc[n+]3C)c(C)cc(C([2H])([2H])[2H])c12. The summed E-state index contributed by atoms with van der Waals surface area (Å²) in [5.74, 6) is -2.37. The number of aryl methyl sites for hydroxylation is 5. The Balaban J connectivity index is 1.26. The second-order valence-electron chi connectivity index (χ2n) is 12.0. The van der Waals surface area contributed by atoms with Gasteiger partial charge in [0.25, 0.3) is 0 Å². The Morgan fingerprint density at radius 3 is 2.23 bits per heavy atom. The Morgan fingerprint density at radius 1 is 0.727 bits per heavy atom. The van der Waals surface area contributed by atoms with Crippen LogP contribution in [0.3, 0.4) is 0 Å².